The van der Waals surface area contributed by atoms with E-state index in [9.17, 15) is 0 Å². The average Bonchev–Trinajstić information content (AvgIpc) is 2.65. The third-order valence-corrected chi connectivity index (χ3v) is 5.26. The lowest BCUT2D eigenvalue weighted by Crippen LogP contribution is -2.18. The molecule has 0 unspecified atom stereocenters. The van der Waals surface area contributed by atoms with Gasteiger partial charge in [0.25, 0.3) is 0 Å². The molecule has 0 N–H and O–H groups in total. The topological polar surface area (TPSA) is 18.5 Å². The molecule has 2 nitrogen and oxygen atoms in total. The van der Waals surface area contributed by atoms with Crippen molar-refractivity contribution in [3.8, 4) is 11.5 Å². The van der Waals surface area contributed by atoms with E-state index in [0.717, 1.165) is 24.3 Å². The summed E-state index contributed by atoms with van der Waals surface area (Å²) in [4.78, 5) is 0. The Bertz CT molecular complexity index is 601. The molecule has 0 spiro atoms. The molecule has 0 radical (unpaired) electrons. The third kappa shape index (κ3) is 4.11. The van der Waals surface area contributed by atoms with E-state index in [1.807, 2.05) is 0 Å². The van der Waals surface area contributed by atoms with Crippen LogP contribution < -0.4 is 9.47 Å². The lowest BCUT2D eigenvalue weighted by Gasteiger charge is -2.31. The molecule has 0 aliphatic carbocycles. The second-order valence-electron chi connectivity index (χ2n) is 6.42. The van der Waals surface area contributed by atoms with Crippen LogP contribution in [0.3, 0.4) is 0 Å². The van der Waals surface area contributed by atoms with Crippen molar-refractivity contribution in [2.75, 3.05) is 14.2 Å². The van der Waals surface area contributed by atoms with Gasteiger partial charge in [0.2, 0.25) is 0 Å². The monoisotopic (exact) mass is 326 g/mol. The molecule has 0 aromatic heterocycles. The highest BCUT2D eigenvalue weighted by molar-refractivity contribution is 5.32. The second-order valence-corrected chi connectivity index (χ2v) is 6.42. The van der Waals surface area contributed by atoms with E-state index in [4.69, 9.17) is 9.47 Å². The lowest BCUT2D eigenvalue weighted by atomic mass is 9.73. The standard InChI is InChI=1S/C22H30O2/c1-6-21(16(3)17-8-12-19(23-4)13-9-17)22(7-2)18-10-14-20(24-5)15-11-18/h8-16,21-22H,6-7H2,1-5H3/t16-,21-,22+/m0/s1. The van der Waals surface area contributed by atoms with Gasteiger partial charge in [-0.25, -0.2) is 0 Å². The summed E-state index contributed by atoms with van der Waals surface area (Å²) in [5, 5.41) is 0. The highest BCUT2D eigenvalue weighted by atomic mass is 16.5. The normalized spacial score (nSPS) is 14.7. The Hall–Kier alpha value is -1.96. The summed E-state index contributed by atoms with van der Waals surface area (Å²) >= 11 is 0. The zero-order valence-electron chi connectivity index (χ0n) is 15.6. The fraction of sp³-hybridized carbons (Fsp3) is 0.455. The fourth-order valence-electron chi connectivity index (χ4n) is 3.78. The minimum atomic E-state index is 0.507. The first kappa shape index (κ1) is 18.4. The number of methoxy groups -OCH3 is 2. The van der Waals surface area contributed by atoms with Crippen LogP contribution in [0.15, 0.2) is 48.5 Å². The van der Waals surface area contributed by atoms with Gasteiger partial charge < -0.3 is 9.47 Å². The van der Waals surface area contributed by atoms with E-state index >= 15 is 0 Å². The van der Waals surface area contributed by atoms with Gasteiger partial charge in [0.1, 0.15) is 11.5 Å². The molecule has 0 bridgehead atoms. The van der Waals surface area contributed by atoms with Gasteiger partial charge >= 0.3 is 0 Å². The summed E-state index contributed by atoms with van der Waals surface area (Å²) in [7, 11) is 3.43. The Morgan fingerprint density at radius 3 is 1.54 bits per heavy atom. The molecule has 0 heterocycles. The van der Waals surface area contributed by atoms with Crippen LogP contribution in [-0.4, -0.2) is 14.2 Å². The zero-order valence-corrected chi connectivity index (χ0v) is 15.6. The maximum Gasteiger partial charge on any atom is 0.118 e. The molecular weight excluding hydrogens is 296 g/mol. The first-order valence-electron chi connectivity index (χ1n) is 8.92. The molecule has 2 aromatic carbocycles. The molecule has 24 heavy (non-hydrogen) atoms. The zero-order chi connectivity index (χ0) is 17.5. The van der Waals surface area contributed by atoms with Crippen LogP contribution in [-0.2, 0) is 0 Å². The van der Waals surface area contributed by atoms with Crippen molar-refractivity contribution in [3.63, 3.8) is 0 Å². The minimum Gasteiger partial charge on any atom is -0.497 e. The molecule has 3 atom stereocenters. The quantitative estimate of drug-likeness (QED) is 0.590. The Kier molecular flexibility index (Phi) is 6.72. The van der Waals surface area contributed by atoms with Crippen molar-refractivity contribution in [1.29, 1.82) is 0 Å². The average molecular weight is 326 g/mol. The van der Waals surface area contributed by atoms with Crippen LogP contribution in [0.5, 0.6) is 11.5 Å². The predicted octanol–water partition coefficient (Wildman–Crippen LogP) is 6.03. The molecule has 2 aromatic rings. The summed E-state index contributed by atoms with van der Waals surface area (Å²) in [5.74, 6) is 3.51. The van der Waals surface area contributed by atoms with E-state index in [1.54, 1.807) is 14.2 Å². The SMILES string of the molecule is CC[C@H]([C@H](CC)c1ccc(OC)cc1)[C@@H](C)c1ccc(OC)cc1. The number of ether oxygens (including phenoxy) is 2. The molecule has 2 rings (SSSR count). The summed E-state index contributed by atoms with van der Waals surface area (Å²) in [6.45, 7) is 6.94. The van der Waals surface area contributed by atoms with E-state index in [2.05, 4.69) is 69.3 Å². The van der Waals surface area contributed by atoms with Crippen LogP contribution in [0.1, 0.15) is 56.6 Å². The van der Waals surface area contributed by atoms with Crippen LogP contribution in [0, 0.1) is 5.92 Å². The number of rotatable bonds is 8. The van der Waals surface area contributed by atoms with Crippen molar-refractivity contribution in [2.24, 2.45) is 5.92 Å². The van der Waals surface area contributed by atoms with Crippen molar-refractivity contribution in [3.05, 3.63) is 59.7 Å². The maximum atomic E-state index is 5.30. The number of hydrogen-bond donors (Lipinski definition) is 0. The van der Waals surface area contributed by atoms with E-state index < -0.39 is 0 Å². The summed E-state index contributed by atoms with van der Waals surface area (Å²) in [5.41, 5.74) is 2.79. The van der Waals surface area contributed by atoms with Gasteiger partial charge in [-0.15, -0.1) is 0 Å². The highest BCUT2D eigenvalue weighted by Gasteiger charge is 2.26. The summed E-state index contributed by atoms with van der Waals surface area (Å²) in [6.07, 6.45) is 2.31. The predicted molar refractivity (Wildman–Crippen MR) is 101 cm³/mol. The van der Waals surface area contributed by atoms with Crippen LogP contribution in [0.2, 0.25) is 0 Å². The molecule has 0 fully saturated rings. The molecule has 2 heteroatoms. The number of benzene rings is 2. The van der Waals surface area contributed by atoms with Gasteiger partial charge in [0, 0.05) is 0 Å². The Morgan fingerprint density at radius 1 is 0.708 bits per heavy atom. The summed E-state index contributed by atoms with van der Waals surface area (Å²) < 4.78 is 10.6. The Labute approximate surface area is 146 Å². The van der Waals surface area contributed by atoms with Crippen molar-refractivity contribution >= 4 is 0 Å². The van der Waals surface area contributed by atoms with Gasteiger partial charge in [-0.1, -0.05) is 51.5 Å². The molecule has 130 valence electrons. The van der Waals surface area contributed by atoms with Crippen LogP contribution in [0.25, 0.3) is 0 Å². The molecule has 0 aliphatic heterocycles. The molecule has 0 amide bonds. The molecule has 0 saturated carbocycles. The fourth-order valence-corrected chi connectivity index (χ4v) is 3.78. The smallest absolute Gasteiger partial charge is 0.118 e. The largest absolute Gasteiger partial charge is 0.497 e. The van der Waals surface area contributed by atoms with E-state index in [-0.39, 0.29) is 0 Å². The second kappa shape index (κ2) is 8.77. The Morgan fingerprint density at radius 2 is 1.17 bits per heavy atom. The summed E-state index contributed by atoms with van der Waals surface area (Å²) in [6, 6.07) is 17.1. The van der Waals surface area contributed by atoms with Gasteiger partial charge in [-0.05, 0) is 59.6 Å². The molecule has 0 aliphatic rings. The van der Waals surface area contributed by atoms with Crippen molar-refractivity contribution < 1.29 is 9.47 Å². The van der Waals surface area contributed by atoms with Crippen LogP contribution in [0.4, 0.5) is 0 Å². The van der Waals surface area contributed by atoms with E-state index in [1.165, 1.54) is 11.1 Å². The van der Waals surface area contributed by atoms with Crippen LogP contribution >= 0.6 is 0 Å². The third-order valence-electron chi connectivity index (χ3n) is 5.26. The van der Waals surface area contributed by atoms with Gasteiger partial charge in [0.05, 0.1) is 14.2 Å². The van der Waals surface area contributed by atoms with Gasteiger partial charge in [0.15, 0.2) is 0 Å². The highest BCUT2D eigenvalue weighted by Crippen LogP contribution is 2.40. The van der Waals surface area contributed by atoms with E-state index in [0.29, 0.717) is 17.8 Å². The first-order chi connectivity index (χ1) is 11.6. The first-order valence-corrected chi connectivity index (χ1v) is 8.92. The van der Waals surface area contributed by atoms with Gasteiger partial charge in [-0.2, -0.15) is 0 Å². The lowest BCUT2D eigenvalue weighted by molar-refractivity contribution is 0.345. The molecule has 0 saturated heterocycles. The minimum absolute atomic E-state index is 0.507. The Balaban J connectivity index is 2.24. The van der Waals surface area contributed by atoms with Crippen molar-refractivity contribution in [2.45, 2.75) is 45.4 Å². The number of hydrogen-bond acceptors (Lipinski definition) is 2. The van der Waals surface area contributed by atoms with Gasteiger partial charge in [-0.3, -0.25) is 0 Å². The maximum absolute atomic E-state index is 5.30. The van der Waals surface area contributed by atoms with Crippen molar-refractivity contribution in [1.82, 2.24) is 0 Å². The molecular formula is C22H30O2.